The molecular formula is C12H16O9. The lowest BCUT2D eigenvalue weighted by Gasteiger charge is -2.08. The lowest BCUT2D eigenvalue weighted by molar-refractivity contribution is -0.136. The van der Waals surface area contributed by atoms with Crippen molar-refractivity contribution in [2.45, 2.75) is 25.9 Å². The Labute approximate surface area is 119 Å². The summed E-state index contributed by atoms with van der Waals surface area (Å²) in [5, 5.41) is 41.7. The molecule has 1 atom stereocenters. The number of hydrogen-bond donors (Lipinski definition) is 5. The fourth-order valence-electron chi connectivity index (χ4n) is 1.01. The molecule has 0 amide bonds. The minimum Gasteiger partial charge on any atom is -0.478 e. The molecule has 9 heteroatoms. The summed E-state index contributed by atoms with van der Waals surface area (Å²) < 4.78 is 0. The molecule has 1 unspecified atom stereocenters. The highest BCUT2D eigenvalue weighted by Crippen LogP contribution is 2.08. The maximum Gasteiger partial charge on any atom is 0.334 e. The van der Waals surface area contributed by atoms with Gasteiger partial charge in [-0.1, -0.05) is 13.3 Å². The van der Waals surface area contributed by atoms with Crippen LogP contribution in [-0.4, -0.2) is 55.5 Å². The van der Waals surface area contributed by atoms with Crippen molar-refractivity contribution in [3.63, 3.8) is 0 Å². The third-order valence-corrected chi connectivity index (χ3v) is 1.82. The van der Waals surface area contributed by atoms with Crippen molar-refractivity contribution in [1.29, 1.82) is 0 Å². The van der Waals surface area contributed by atoms with Crippen LogP contribution in [0.1, 0.15) is 19.8 Å². The fourth-order valence-corrected chi connectivity index (χ4v) is 1.01. The Bertz CT molecular complexity index is 432. The molecule has 0 spiro atoms. The summed E-state index contributed by atoms with van der Waals surface area (Å²) in [6.07, 6.45) is 1.25. The summed E-state index contributed by atoms with van der Waals surface area (Å²) in [5.41, 5.74) is -0.477. The van der Waals surface area contributed by atoms with Gasteiger partial charge in [0, 0.05) is 18.2 Å². The molecular weight excluding hydrogens is 288 g/mol. The Hall–Kier alpha value is -2.68. The standard InChI is InChI=1S/C8H12O5.C4H4O4/c1-2-3-6(9)5(8(12)13)4-7(10)11;5-3(6)1-2-4(7)8/h4,6,9H,2-3H2,1H3,(H,10,11)(H,12,13);1-2H,(H,5,6)(H,7,8). The molecule has 118 valence electrons. The van der Waals surface area contributed by atoms with Crippen molar-refractivity contribution < 1.29 is 44.7 Å². The highest BCUT2D eigenvalue weighted by Gasteiger charge is 2.18. The van der Waals surface area contributed by atoms with Crippen LogP contribution in [0.15, 0.2) is 23.8 Å². The Morgan fingerprint density at radius 1 is 0.905 bits per heavy atom. The summed E-state index contributed by atoms with van der Waals surface area (Å²) in [6, 6.07) is 0. The number of carboxylic acid groups (broad SMARTS) is 4. The third-order valence-electron chi connectivity index (χ3n) is 1.82. The summed E-state index contributed by atoms with van der Waals surface area (Å²) >= 11 is 0. The van der Waals surface area contributed by atoms with Gasteiger partial charge in [0.1, 0.15) is 0 Å². The van der Waals surface area contributed by atoms with Gasteiger partial charge < -0.3 is 25.5 Å². The van der Waals surface area contributed by atoms with Gasteiger partial charge in [-0.2, -0.15) is 0 Å². The Kier molecular flexibility index (Phi) is 11.0. The van der Waals surface area contributed by atoms with Crippen LogP contribution < -0.4 is 0 Å². The van der Waals surface area contributed by atoms with Gasteiger partial charge in [0.25, 0.3) is 0 Å². The van der Waals surface area contributed by atoms with E-state index in [4.69, 9.17) is 20.4 Å². The van der Waals surface area contributed by atoms with Gasteiger partial charge in [0.15, 0.2) is 0 Å². The van der Waals surface area contributed by atoms with E-state index in [1.165, 1.54) is 0 Å². The van der Waals surface area contributed by atoms with E-state index in [1.807, 2.05) is 0 Å². The van der Waals surface area contributed by atoms with E-state index in [-0.39, 0.29) is 6.42 Å². The number of rotatable bonds is 7. The number of aliphatic hydroxyl groups excluding tert-OH is 1. The van der Waals surface area contributed by atoms with Crippen LogP contribution in [-0.2, 0) is 19.2 Å². The first kappa shape index (κ1) is 20.6. The Balaban J connectivity index is 0. The normalized spacial score (nSPS) is 12.2. The summed E-state index contributed by atoms with van der Waals surface area (Å²) in [5.74, 6) is -5.28. The molecule has 0 aromatic rings. The van der Waals surface area contributed by atoms with Gasteiger partial charge in [-0.3, -0.25) is 0 Å². The van der Waals surface area contributed by atoms with E-state index in [9.17, 15) is 24.3 Å². The average Bonchev–Trinajstić information content (AvgIpc) is 2.34. The molecule has 0 aromatic carbocycles. The molecule has 0 aliphatic carbocycles. The second-order valence-electron chi connectivity index (χ2n) is 3.56. The van der Waals surface area contributed by atoms with Crippen molar-refractivity contribution in [1.82, 2.24) is 0 Å². The molecule has 0 saturated heterocycles. The quantitative estimate of drug-likeness (QED) is 0.405. The molecule has 0 fully saturated rings. The van der Waals surface area contributed by atoms with E-state index in [0.717, 1.165) is 0 Å². The molecule has 0 radical (unpaired) electrons. The van der Waals surface area contributed by atoms with Gasteiger partial charge in [0.05, 0.1) is 11.7 Å². The summed E-state index contributed by atoms with van der Waals surface area (Å²) in [4.78, 5) is 39.7. The maximum atomic E-state index is 10.5. The second kappa shape index (κ2) is 11.2. The highest BCUT2D eigenvalue weighted by molar-refractivity contribution is 5.95. The molecule has 0 saturated carbocycles. The SMILES string of the molecule is CCCC(O)C(=CC(=O)O)C(=O)O.O=C(O)C=CC(=O)O. The smallest absolute Gasteiger partial charge is 0.334 e. The first-order chi connectivity index (χ1) is 9.61. The topological polar surface area (TPSA) is 169 Å². The predicted octanol–water partition coefficient (Wildman–Crippen LogP) is -0.0452. The second-order valence-corrected chi connectivity index (χ2v) is 3.56. The van der Waals surface area contributed by atoms with Crippen LogP contribution in [0.3, 0.4) is 0 Å². The monoisotopic (exact) mass is 304 g/mol. The van der Waals surface area contributed by atoms with Crippen molar-refractivity contribution in [2.75, 3.05) is 0 Å². The van der Waals surface area contributed by atoms with Crippen LogP contribution in [0.5, 0.6) is 0 Å². The average molecular weight is 304 g/mol. The molecule has 0 aliphatic heterocycles. The van der Waals surface area contributed by atoms with Crippen LogP contribution >= 0.6 is 0 Å². The van der Waals surface area contributed by atoms with Crippen molar-refractivity contribution in [2.24, 2.45) is 0 Å². The van der Waals surface area contributed by atoms with Crippen LogP contribution in [0.2, 0.25) is 0 Å². The zero-order valence-corrected chi connectivity index (χ0v) is 11.1. The Morgan fingerprint density at radius 3 is 1.57 bits per heavy atom. The fraction of sp³-hybridized carbons (Fsp3) is 0.333. The first-order valence-corrected chi connectivity index (χ1v) is 5.61. The molecule has 0 heterocycles. The van der Waals surface area contributed by atoms with E-state index in [1.54, 1.807) is 6.92 Å². The molecule has 0 aliphatic rings. The van der Waals surface area contributed by atoms with E-state index in [2.05, 4.69) is 0 Å². The molecule has 21 heavy (non-hydrogen) atoms. The van der Waals surface area contributed by atoms with Crippen LogP contribution in [0, 0.1) is 0 Å². The van der Waals surface area contributed by atoms with Gasteiger partial charge in [-0.15, -0.1) is 0 Å². The van der Waals surface area contributed by atoms with Crippen molar-refractivity contribution in [3.05, 3.63) is 23.8 Å². The third kappa shape index (κ3) is 13.6. The lowest BCUT2D eigenvalue weighted by atomic mass is 10.1. The largest absolute Gasteiger partial charge is 0.478 e. The summed E-state index contributed by atoms with van der Waals surface area (Å²) in [6.45, 7) is 1.77. The maximum absolute atomic E-state index is 10.5. The zero-order chi connectivity index (χ0) is 17.0. The molecule has 0 bridgehead atoms. The van der Waals surface area contributed by atoms with Gasteiger partial charge >= 0.3 is 23.9 Å². The van der Waals surface area contributed by atoms with E-state index in [0.29, 0.717) is 24.6 Å². The number of hydrogen-bond acceptors (Lipinski definition) is 5. The molecule has 0 rings (SSSR count). The molecule has 0 aromatic heterocycles. The van der Waals surface area contributed by atoms with E-state index < -0.39 is 35.6 Å². The zero-order valence-electron chi connectivity index (χ0n) is 11.1. The first-order valence-electron chi connectivity index (χ1n) is 5.61. The lowest BCUT2D eigenvalue weighted by Crippen LogP contribution is -2.18. The number of carbonyl (C=O) groups is 4. The molecule has 9 nitrogen and oxygen atoms in total. The van der Waals surface area contributed by atoms with Crippen LogP contribution in [0.25, 0.3) is 0 Å². The number of carboxylic acids is 4. The number of aliphatic carboxylic acids is 4. The van der Waals surface area contributed by atoms with Gasteiger partial charge in [0.2, 0.25) is 0 Å². The van der Waals surface area contributed by atoms with Crippen molar-refractivity contribution >= 4 is 23.9 Å². The minimum absolute atomic E-state index is 0.241. The van der Waals surface area contributed by atoms with Crippen molar-refractivity contribution in [3.8, 4) is 0 Å². The highest BCUT2D eigenvalue weighted by atomic mass is 16.4. The Morgan fingerprint density at radius 2 is 1.33 bits per heavy atom. The van der Waals surface area contributed by atoms with Gasteiger partial charge in [-0.05, 0) is 6.42 Å². The molecule has 5 N–H and O–H groups in total. The minimum atomic E-state index is -1.40. The van der Waals surface area contributed by atoms with E-state index >= 15 is 0 Å². The van der Waals surface area contributed by atoms with Crippen LogP contribution in [0.4, 0.5) is 0 Å². The predicted molar refractivity (Wildman–Crippen MR) is 68.7 cm³/mol. The van der Waals surface area contributed by atoms with Gasteiger partial charge in [-0.25, -0.2) is 19.2 Å². The number of aliphatic hydroxyl groups is 1. The summed E-state index contributed by atoms with van der Waals surface area (Å²) in [7, 11) is 0.